The molecule has 0 saturated carbocycles. The third-order valence-electron chi connectivity index (χ3n) is 3.64. The van der Waals surface area contributed by atoms with Crippen molar-refractivity contribution in [1.29, 1.82) is 0 Å². The largest absolute Gasteiger partial charge is 0.447 e. The Morgan fingerprint density at radius 2 is 1.52 bits per heavy atom. The number of hydrogen-bond donors (Lipinski definition) is 3. The van der Waals surface area contributed by atoms with Crippen LogP contribution in [0.15, 0.2) is 48.5 Å². The average Bonchev–Trinajstić information content (AvgIpc) is 2.63. The van der Waals surface area contributed by atoms with Gasteiger partial charge in [0, 0.05) is 11.4 Å². The van der Waals surface area contributed by atoms with E-state index in [4.69, 9.17) is 9.84 Å². The van der Waals surface area contributed by atoms with Gasteiger partial charge in [0.25, 0.3) is 0 Å². The van der Waals surface area contributed by atoms with E-state index >= 15 is 0 Å². The first-order valence-electron chi connectivity index (χ1n) is 8.14. The number of benzene rings is 2. The van der Waals surface area contributed by atoms with Gasteiger partial charge in [-0.2, -0.15) is 0 Å². The zero-order valence-corrected chi connectivity index (χ0v) is 13.9. The molecule has 0 aromatic heterocycles. The molecular weight excluding hydrogens is 320 g/mol. The summed E-state index contributed by atoms with van der Waals surface area (Å²) < 4.78 is 4.74. The van der Waals surface area contributed by atoms with Crippen LogP contribution in [0.5, 0.6) is 0 Å². The van der Waals surface area contributed by atoms with Gasteiger partial charge in [0.2, 0.25) is 6.41 Å². The molecule has 0 radical (unpaired) electrons. The van der Waals surface area contributed by atoms with Gasteiger partial charge in [-0.15, -0.1) is 0 Å². The van der Waals surface area contributed by atoms with Crippen LogP contribution in [-0.4, -0.2) is 30.8 Å². The number of carbonyl (C=O) groups excluding carboxylic acids is 2. The summed E-state index contributed by atoms with van der Waals surface area (Å²) >= 11 is 0. The fourth-order valence-corrected chi connectivity index (χ4v) is 2.38. The van der Waals surface area contributed by atoms with Crippen molar-refractivity contribution in [3.8, 4) is 0 Å². The molecule has 0 bridgehead atoms. The summed E-state index contributed by atoms with van der Waals surface area (Å²) in [5, 5.41) is 13.8. The SMILES string of the molecule is O=CNc1ccc(CCCc2ccc(NC(=O)OCCO)cc2)cc1. The van der Waals surface area contributed by atoms with Gasteiger partial charge in [0.1, 0.15) is 6.61 Å². The summed E-state index contributed by atoms with van der Waals surface area (Å²) in [4.78, 5) is 21.7. The molecule has 132 valence electrons. The van der Waals surface area contributed by atoms with E-state index in [0.29, 0.717) is 12.1 Å². The number of ether oxygens (including phenoxy) is 1. The third kappa shape index (κ3) is 6.64. The van der Waals surface area contributed by atoms with Gasteiger partial charge >= 0.3 is 6.09 Å². The molecule has 0 aliphatic carbocycles. The molecule has 0 spiro atoms. The Morgan fingerprint density at radius 3 is 2.04 bits per heavy atom. The van der Waals surface area contributed by atoms with E-state index in [0.717, 1.165) is 24.9 Å². The second kappa shape index (κ2) is 10.1. The van der Waals surface area contributed by atoms with Crippen molar-refractivity contribution in [2.75, 3.05) is 23.8 Å². The van der Waals surface area contributed by atoms with Gasteiger partial charge in [0.15, 0.2) is 0 Å². The summed E-state index contributed by atoms with van der Waals surface area (Å²) in [6.07, 6.45) is 2.98. The highest BCUT2D eigenvalue weighted by atomic mass is 16.6. The summed E-state index contributed by atoms with van der Waals surface area (Å²) in [7, 11) is 0. The highest BCUT2D eigenvalue weighted by molar-refractivity contribution is 5.84. The zero-order chi connectivity index (χ0) is 17.9. The normalized spacial score (nSPS) is 10.1. The number of anilines is 2. The number of nitrogens with one attached hydrogen (secondary N) is 2. The number of amides is 2. The smallest absolute Gasteiger partial charge is 0.411 e. The summed E-state index contributed by atoms with van der Waals surface area (Å²) in [5.74, 6) is 0. The maximum Gasteiger partial charge on any atom is 0.411 e. The lowest BCUT2D eigenvalue weighted by Gasteiger charge is -2.07. The van der Waals surface area contributed by atoms with E-state index < -0.39 is 6.09 Å². The van der Waals surface area contributed by atoms with E-state index in [1.165, 1.54) is 11.1 Å². The van der Waals surface area contributed by atoms with Gasteiger partial charge in [0.05, 0.1) is 6.61 Å². The topological polar surface area (TPSA) is 87.7 Å². The second-order valence-corrected chi connectivity index (χ2v) is 5.49. The van der Waals surface area contributed by atoms with Crippen molar-refractivity contribution in [1.82, 2.24) is 0 Å². The Bertz CT molecular complexity index is 669. The zero-order valence-electron chi connectivity index (χ0n) is 13.9. The predicted molar refractivity (Wildman–Crippen MR) is 96.7 cm³/mol. The number of aliphatic hydroxyl groups excluding tert-OH is 1. The predicted octanol–water partition coefficient (Wildman–Crippen LogP) is 2.97. The molecule has 0 unspecified atom stereocenters. The first-order valence-corrected chi connectivity index (χ1v) is 8.14. The minimum absolute atomic E-state index is 0.0178. The number of hydrogen-bond acceptors (Lipinski definition) is 4. The van der Waals surface area contributed by atoms with Crippen LogP contribution >= 0.6 is 0 Å². The first-order chi connectivity index (χ1) is 12.2. The maximum absolute atomic E-state index is 11.4. The lowest BCUT2D eigenvalue weighted by atomic mass is 10.0. The van der Waals surface area contributed by atoms with E-state index in [2.05, 4.69) is 10.6 Å². The Morgan fingerprint density at radius 1 is 0.960 bits per heavy atom. The summed E-state index contributed by atoms with van der Waals surface area (Å²) in [6, 6.07) is 15.4. The minimum atomic E-state index is -0.575. The lowest BCUT2D eigenvalue weighted by Crippen LogP contribution is -2.15. The van der Waals surface area contributed by atoms with Crippen molar-refractivity contribution < 1.29 is 19.4 Å². The molecule has 6 heteroatoms. The van der Waals surface area contributed by atoms with Gasteiger partial charge in [-0.05, 0) is 54.7 Å². The number of rotatable bonds is 9. The molecule has 2 aromatic rings. The van der Waals surface area contributed by atoms with E-state index in [9.17, 15) is 9.59 Å². The highest BCUT2D eigenvalue weighted by Crippen LogP contribution is 2.14. The molecule has 2 amide bonds. The van der Waals surface area contributed by atoms with Crippen LogP contribution < -0.4 is 10.6 Å². The molecule has 0 fully saturated rings. The maximum atomic E-state index is 11.4. The molecule has 2 rings (SSSR count). The van der Waals surface area contributed by atoms with Crippen LogP contribution in [0.3, 0.4) is 0 Å². The molecule has 2 aromatic carbocycles. The fourth-order valence-electron chi connectivity index (χ4n) is 2.38. The molecule has 0 aliphatic heterocycles. The monoisotopic (exact) mass is 342 g/mol. The van der Waals surface area contributed by atoms with Gasteiger partial charge in [-0.25, -0.2) is 4.79 Å². The van der Waals surface area contributed by atoms with Crippen LogP contribution in [-0.2, 0) is 22.4 Å². The quantitative estimate of drug-likeness (QED) is 0.611. The Balaban J connectivity index is 1.75. The number of aliphatic hydroxyl groups is 1. The van der Waals surface area contributed by atoms with Crippen molar-refractivity contribution in [3.05, 3.63) is 59.7 Å². The third-order valence-corrected chi connectivity index (χ3v) is 3.64. The first kappa shape index (κ1) is 18.5. The lowest BCUT2D eigenvalue weighted by molar-refractivity contribution is -0.105. The van der Waals surface area contributed by atoms with Gasteiger partial charge < -0.3 is 15.2 Å². The van der Waals surface area contributed by atoms with E-state index in [1.807, 2.05) is 48.5 Å². The molecule has 0 saturated heterocycles. The van der Waals surface area contributed by atoms with Crippen LogP contribution in [0.1, 0.15) is 17.5 Å². The number of carbonyl (C=O) groups is 2. The molecule has 0 aliphatic rings. The molecule has 6 nitrogen and oxygen atoms in total. The standard InChI is InChI=1S/C19H22N2O4/c22-12-13-25-19(24)21-18-10-6-16(7-11-18)3-1-2-15-4-8-17(9-5-15)20-14-23/h4-11,14,22H,1-3,12-13H2,(H,20,23)(H,21,24). The fraction of sp³-hybridized carbons (Fsp3) is 0.263. The Kier molecular flexibility index (Phi) is 7.46. The van der Waals surface area contributed by atoms with Crippen LogP contribution in [0, 0.1) is 0 Å². The second-order valence-electron chi connectivity index (χ2n) is 5.49. The molecule has 0 heterocycles. The van der Waals surface area contributed by atoms with Gasteiger partial charge in [-0.1, -0.05) is 24.3 Å². The average molecular weight is 342 g/mol. The molecule has 0 atom stereocenters. The van der Waals surface area contributed by atoms with Gasteiger partial charge in [-0.3, -0.25) is 10.1 Å². The van der Waals surface area contributed by atoms with Crippen molar-refractivity contribution in [2.45, 2.75) is 19.3 Å². The van der Waals surface area contributed by atoms with Crippen LogP contribution in [0.25, 0.3) is 0 Å². The molecule has 3 N–H and O–H groups in total. The van der Waals surface area contributed by atoms with Crippen LogP contribution in [0.4, 0.5) is 16.2 Å². The van der Waals surface area contributed by atoms with E-state index in [1.54, 1.807) is 0 Å². The van der Waals surface area contributed by atoms with E-state index in [-0.39, 0.29) is 13.2 Å². The van der Waals surface area contributed by atoms with Crippen molar-refractivity contribution in [3.63, 3.8) is 0 Å². The minimum Gasteiger partial charge on any atom is -0.447 e. The summed E-state index contributed by atoms with van der Waals surface area (Å²) in [5.41, 5.74) is 3.86. The van der Waals surface area contributed by atoms with Crippen molar-refractivity contribution >= 4 is 23.9 Å². The van der Waals surface area contributed by atoms with Crippen LogP contribution in [0.2, 0.25) is 0 Å². The molecular formula is C19H22N2O4. The number of aryl methyl sites for hydroxylation is 2. The molecule has 25 heavy (non-hydrogen) atoms. The summed E-state index contributed by atoms with van der Waals surface area (Å²) in [6.45, 7) is -0.210. The van der Waals surface area contributed by atoms with Crippen molar-refractivity contribution in [2.24, 2.45) is 0 Å². The highest BCUT2D eigenvalue weighted by Gasteiger charge is 2.03. The Hall–Kier alpha value is -2.86. The Labute approximate surface area is 146 Å².